The first-order valence-electron chi connectivity index (χ1n) is 12.0. The van der Waals surface area contributed by atoms with Gasteiger partial charge in [0.05, 0.1) is 23.3 Å². The Morgan fingerprint density at radius 2 is 1.47 bits per heavy atom. The fourth-order valence-corrected chi connectivity index (χ4v) is 11.8. The highest BCUT2D eigenvalue weighted by atomic mass is 28.3. The maximum absolute atomic E-state index is 6.33. The summed E-state index contributed by atoms with van der Waals surface area (Å²) in [5.74, 6) is 1.13. The normalized spacial score (nSPS) is 19.2. The number of fused-ring (bicyclic) bond motifs is 1. The van der Waals surface area contributed by atoms with Crippen LogP contribution in [0.3, 0.4) is 0 Å². The number of hydrogen-bond donors (Lipinski definition) is 0. The number of benzene rings is 2. The van der Waals surface area contributed by atoms with Gasteiger partial charge in [-0.1, -0.05) is 121 Å². The van der Waals surface area contributed by atoms with Crippen LogP contribution in [0.25, 0.3) is 6.08 Å². The van der Waals surface area contributed by atoms with E-state index in [9.17, 15) is 0 Å². The van der Waals surface area contributed by atoms with Crippen molar-refractivity contribution in [1.82, 2.24) is 0 Å². The van der Waals surface area contributed by atoms with Crippen LogP contribution in [0.1, 0.15) is 56.9 Å². The molecule has 0 spiro atoms. The lowest BCUT2D eigenvalue weighted by Gasteiger charge is -2.53. The Kier molecular flexibility index (Phi) is 6.05. The third kappa shape index (κ3) is 3.47. The zero-order valence-electron chi connectivity index (χ0n) is 22.5. The number of allylic oxidation sites excluding steroid dienone is 1. The minimum absolute atomic E-state index is 0.0115. The second kappa shape index (κ2) is 7.73. The predicted octanol–water partition coefficient (Wildman–Crippen LogP) is 7.84. The molecule has 0 N–H and O–H groups in total. The minimum Gasteiger partial charge on any atom is -0.497 e. The van der Waals surface area contributed by atoms with Crippen molar-refractivity contribution in [3.63, 3.8) is 0 Å². The van der Waals surface area contributed by atoms with Gasteiger partial charge < -0.3 is 4.74 Å². The third-order valence-electron chi connectivity index (χ3n) is 8.73. The molecule has 3 rings (SSSR count). The molecule has 1 aliphatic carbocycles. The van der Waals surface area contributed by atoms with Crippen LogP contribution in [-0.4, -0.2) is 23.3 Å². The first-order valence-corrected chi connectivity index (χ1v) is 18.5. The van der Waals surface area contributed by atoms with Gasteiger partial charge in [-0.25, -0.2) is 0 Å². The van der Waals surface area contributed by atoms with Crippen molar-refractivity contribution in [3.8, 4) is 5.75 Å². The van der Waals surface area contributed by atoms with Gasteiger partial charge in [-0.05, 0) is 28.3 Å². The summed E-state index contributed by atoms with van der Waals surface area (Å²) in [5, 5.41) is 1.69. The molecule has 1 atom stereocenters. The van der Waals surface area contributed by atoms with Gasteiger partial charge in [0, 0.05) is 16.0 Å². The molecule has 0 radical (unpaired) electrons. The summed E-state index contributed by atoms with van der Waals surface area (Å²) in [7, 11) is -1.65. The smallest absolute Gasteiger partial charge is 0.121 e. The highest BCUT2D eigenvalue weighted by Crippen LogP contribution is 2.56. The molecule has 0 aromatic heterocycles. The number of methoxy groups -OCH3 is 1. The summed E-state index contributed by atoms with van der Waals surface area (Å²) in [5.41, 5.74) is 5.45. The zero-order valence-corrected chi connectivity index (χ0v) is 24.5. The van der Waals surface area contributed by atoms with Gasteiger partial charge in [0.2, 0.25) is 0 Å². The summed E-state index contributed by atoms with van der Waals surface area (Å²) in [6, 6.07) is 13.8. The van der Waals surface area contributed by atoms with Crippen molar-refractivity contribution >= 4 is 27.4 Å². The zero-order chi connectivity index (χ0) is 24.3. The quantitative estimate of drug-likeness (QED) is 0.409. The van der Waals surface area contributed by atoms with E-state index in [1.807, 2.05) is 7.11 Å². The maximum Gasteiger partial charge on any atom is 0.121 e. The second-order valence-corrected chi connectivity index (χ2v) is 23.4. The Hall–Kier alpha value is -1.59. The van der Waals surface area contributed by atoms with Crippen molar-refractivity contribution in [2.75, 3.05) is 7.11 Å². The van der Waals surface area contributed by atoms with E-state index in [1.165, 1.54) is 27.4 Å². The lowest BCUT2D eigenvalue weighted by molar-refractivity contribution is 0.365. The number of rotatable bonds is 5. The van der Waals surface area contributed by atoms with E-state index in [-0.39, 0.29) is 15.5 Å². The maximum atomic E-state index is 6.33. The van der Waals surface area contributed by atoms with Gasteiger partial charge in [-0.15, -0.1) is 0 Å². The molecule has 0 bridgehead atoms. The molecule has 0 fully saturated rings. The summed E-state index contributed by atoms with van der Waals surface area (Å²) >= 11 is 0. The molecule has 1 nitrogen and oxygen atoms in total. The van der Waals surface area contributed by atoms with Gasteiger partial charge in [-0.3, -0.25) is 0 Å². The van der Waals surface area contributed by atoms with Crippen molar-refractivity contribution in [2.45, 2.75) is 89.8 Å². The first-order chi connectivity index (χ1) is 14.5. The van der Waals surface area contributed by atoms with Crippen LogP contribution in [0.5, 0.6) is 5.75 Å². The summed E-state index contributed by atoms with van der Waals surface area (Å²) < 4.78 is 6.33. The lowest BCUT2D eigenvalue weighted by Crippen LogP contribution is -2.59. The van der Waals surface area contributed by atoms with E-state index in [0.717, 1.165) is 5.75 Å². The van der Waals surface area contributed by atoms with Crippen LogP contribution < -0.4 is 9.92 Å². The van der Waals surface area contributed by atoms with Gasteiger partial charge >= 0.3 is 0 Å². The molecule has 2 aromatic rings. The summed E-state index contributed by atoms with van der Waals surface area (Å²) in [4.78, 5) is 0. The minimum atomic E-state index is -1.80. The van der Waals surface area contributed by atoms with Crippen LogP contribution in [-0.2, 0) is 10.5 Å². The van der Waals surface area contributed by atoms with Crippen LogP contribution >= 0.6 is 0 Å². The molecule has 0 saturated heterocycles. The SMILES string of the molecule is COc1c(C(C)(C)C2([Si](C)(C)C)C=Cc3ccccc32)cc(C)cc1[Si](C)(C)C(C)(C)C. The average Bonchev–Trinajstić information content (AvgIpc) is 3.07. The van der Waals surface area contributed by atoms with Crippen LogP contribution in [0.2, 0.25) is 37.8 Å². The van der Waals surface area contributed by atoms with E-state index < -0.39 is 16.1 Å². The number of ether oxygens (including phenoxy) is 1. The van der Waals surface area contributed by atoms with E-state index in [2.05, 4.69) is 123 Å². The molecule has 1 unspecified atom stereocenters. The van der Waals surface area contributed by atoms with E-state index >= 15 is 0 Å². The fraction of sp³-hybridized carbons (Fsp3) is 0.517. The van der Waals surface area contributed by atoms with E-state index in [1.54, 1.807) is 0 Å². The molecular weight excluding hydrogens is 420 g/mol. The number of aryl methyl sites for hydroxylation is 1. The number of hydrogen-bond acceptors (Lipinski definition) is 1. The standard InChI is InChI=1S/C29H44OSi2/c1-21-19-24(26(30-7)25(20-21)32(11,12)27(2,3)4)28(5,6)29(31(8,9)10)18-17-22-15-13-14-16-23(22)29/h13-20H,1-12H3. The summed E-state index contributed by atoms with van der Waals surface area (Å²) in [6.07, 6.45) is 4.91. The monoisotopic (exact) mass is 464 g/mol. The molecular formula is C29H44OSi2. The molecule has 0 saturated carbocycles. The van der Waals surface area contributed by atoms with E-state index in [4.69, 9.17) is 4.74 Å². The van der Waals surface area contributed by atoms with Crippen molar-refractivity contribution < 1.29 is 4.74 Å². The Bertz CT molecular complexity index is 1050. The van der Waals surface area contributed by atoms with Gasteiger partial charge in [0.25, 0.3) is 0 Å². The first kappa shape index (κ1) is 25.0. The summed E-state index contributed by atoms with van der Waals surface area (Å²) in [6.45, 7) is 26.9. The molecule has 174 valence electrons. The second-order valence-electron chi connectivity index (χ2n) is 12.9. The van der Waals surface area contributed by atoms with Gasteiger partial charge in [0.1, 0.15) is 5.75 Å². The Morgan fingerprint density at radius 3 is 2.00 bits per heavy atom. The Balaban J connectivity index is 2.40. The van der Waals surface area contributed by atoms with Gasteiger partial charge in [0.15, 0.2) is 0 Å². The lowest BCUT2D eigenvalue weighted by atomic mass is 9.69. The third-order valence-corrected chi connectivity index (χ3v) is 17.6. The average molecular weight is 465 g/mol. The highest BCUT2D eigenvalue weighted by Gasteiger charge is 2.57. The van der Waals surface area contributed by atoms with Crippen LogP contribution in [0, 0.1) is 6.92 Å². The molecule has 0 aliphatic heterocycles. The van der Waals surface area contributed by atoms with E-state index in [0.29, 0.717) is 0 Å². The molecule has 0 amide bonds. The van der Waals surface area contributed by atoms with Crippen molar-refractivity contribution in [3.05, 3.63) is 64.7 Å². The topological polar surface area (TPSA) is 9.23 Å². The van der Waals surface area contributed by atoms with Crippen molar-refractivity contribution in [1.29, 1.82) is 0 Å². The highest BCUT2D eigenvalue weighted by molar-refractivity contribution is 6.92. The fourth-order valence-electron chi connectivity index (χ4n) is 5.98. The van der Waals surface area contributed by atoms with Crippen molar-refractivity contribution in [2.24, 2.45) is 0 Å². The van der Waals surface area contributed by atoms with Crippen LogP contribution in [0.15, 0.2) is 42.5 Å². The van der Waals surface area contributed by atoms with Gasteiger partial charge in [-0.2, -0.15) is 0 Å². The van der Waals surface area contributed by atoms with Crippen LogP contribution in [0.4, 0.5) is 0 Å². The largest absolute Gasteiger partial charge is 0.497 e. The molecule has 2 aromatic carbocycles. The Labute approximate surface area is 199 Å². The molecule has 1 aliphatic rings. The molecule has 3 heteroatoms. The Morgan fingerprint density at radius 1 is 0.875 bits per heavy atom. The predicted molar refractivity (Wildman–Crippen MR) is 148 cm³/mol. The molecule has 0 heterocycles. The molecule has 32 heavy (non-hydrogen) atoms.